The Morgan fingerprint density at radius 1 is 0.958 bits per heavy atom. The monoisotopic (exact) mass is 319 g/mol. The maximum Gasteiger partial charge on any atom is 0.272 e. The molecule has 0 spiro atoms. The van der Waals surface area contributed by atoms with Gasteiger partial charge in [0.15, 0.2) is 0 Å². The van der Waals surface area contributed by atoms with Crippen molar-refractivity contribution in [2.75, 3.05) is 0 Å². The Labute approximate surface area is 140 Å². The fourth-order valence-corrected chi connectivity index (χ4v) is 2.54. The lowest BCUT2D eigenvalue weighted by atomic mass is 10.0. The van der Waals surface area contributed by atoms with E-state index in [1.54, 1.807) is 19.1 Å². The Kier molecular flexibility index (Phi) is 4.57. The van der Waals surface area contributed by atoms with Crippen LogP contribution in [-0.4, -0.2) is 4.92 Å². The van der Waals surface area contributed by atoms with Crippen LogP contribution in [0.5, 0.6) is 5.75 Å². The lowest BCUT2D eigenvalue weighted by Crippen LogP contribution is -1.97. The first kappa shape index (κ1) is 15.7. The van der Waals surface area contributed by atoms with Gasteiger partial charge in [-0.1, -0.05) is 60.7 Å². The fraction of sp³-hybridized carbons (Fsp3) is 0.100. The van der Waals surface area contributed by atoms with Crippen molar-refractivity contribution in [3.63, 3.8) is 0 Å². The summed E-state index contributed by atoms with van der Waals surface area (Å²) in [6, 6.07) is 22.7. The van der Waals surface area contributed by atoms with Crippen LogP contribution in [0.15, 0.2) is 72.8 Å². The third-order valence-corrected chi connectivity index (χ3v) is 3.84. The molecule has 4 nitrogen and oxygen atoms in total. The van der Waals surface area contributed by atoms with Gasteiger partial charge >= 0.3 is 0 Å². The Morgan fingerprint density at radius 2 is 1.67 bits per heavy atom. The molecule has 120 valence electrons. The molecule has 3 aromatic carbocycles. The van der Waals surface area contributed by atoms with E-state index < -0.39 is 0 Å². The Balaban J connectivity index is 1.92. The SMILES string of the molecule is Cc1ccc(-c2ccccc2OCc2ccccc2)cc1[N+](=O)[O-]. The summed E-state index contributed by atoms with van der Waals surface area (Å²) in [5.74, 6) is 0.708. The van der Waals surface area contributed by atoms with Gasteiger partial charge in [0, 0.05) is 17.2 Å². The second kappa shape index (κ2) is 6.96. The van der Waals surface area contributed by atoms with Crippen LogP contribution in [0.4, 0.5) is 5.69 Å². The van der Waals surface area contributed by atoms with Crippen molar-refractivity contribution in [1.29, 1.82) is 0 Å². The molecule has 24 heavy (non-hydrogen) atoms. The molecule has 0 aromatic heterocycles. The predicted octanol–water partition coefficient (Wildman–Crippen LogP) is 5.15. The minimum absolute atomic E-state index is 0.116. The van der Waals surface area contributed by atoms with E-state index in [9.17, 15) is 10.1 Å². The average molecular weight is 319 g/mol. The molecular weight excluding hydrogens is 302 g/mol. The van der Waals surface area contributed by atoms with Crippen LogP contribution < -0.4 is 4.74 Å². The van der Waals surface area contributed by atoms with Gasteiger partial charge in [0.05, 0.1) is 4.92 Å². The summed E-state index contributed by atoms with van der Waals surface area (Å²) in [5, 5.41) is 11.2. The number of aryl methyl sites for hydroxylation is 1. The van der Waals surface area contributed by atoms with Crippen LogP contribution in [0, 0.1) is 17.0 Å². The van der Waals surface area contributed by atoms with E-state index in [1.807, 2.05) is 60.7 Å². The highest BCUT2D eigenvalue weighted by atomic mass is 16.6. The smallest absolute Gasteiger partial charge is 0.272 e. The largest absolute Gasteiger partial charge is 0.488 e. The second-order valence-electron chi connectivity index (χ2n) is 5.53. The molecule has 0 unspecified atom stereocenters. The summed E-state index contributed by atoms with van der Waals surface area (Å²) < 4.78 is 5.94. The minimum atomic E-state index is -0.355. The summed E-state index contributed by atoms with van der Waals surface area (Å²) in [4.78, 5) is 10.8. The summed E-state index contributed by atoms with van der Waals surface area (Å²) in [6.45, 7) is 2.19. The van der Waals surface area contributed by atoms with Crippen molar-refractivity contribution < 1.29 is 9.66 Å². The summed E-state index contributed by atoms with van der Waals surface area (Å²) >= 11 is 0. The first-order chi connectivity index (χ1) is 11.6. The Bertz CT molecular complexity index is 860. The van der Waals surface area contributed by atoms with E-state index in [2.05, 4.69) is 0 Å². The molecule has 0 heterocycles. The lowest BCUT2D eigenvalue weighted by Gasteiger charge is -2.12. The van der Waals surface area contributed by atoms with Crippen molar-refractivity contribution in [2.45, 2.75) is 13.5 Å². The molecule has 0 aliphatic heterocycles. The molecule has 0 atom stereocenters. The van der Waals surface area contributed by atoms with Gasteiger partial charge in [-0.2, -0.15) is 0 Å². The van der Waals surface area contributed by atoms with Crippen LogP contribution in [0.2, 0.25) is 0 Å². The van der Waals surface area contributed by atoms with Gasteiger partial charge in [0.25, 0.3) is 5.69 Å². The molecular formula is C20H17NO3. The number of ether oxygens (including phenoxy) is 1. The van der Waals surface area contributed by atoms with E-state index in [-0.39, 0.29) is 10.6 Å². The van der Waals surface area contributed by atoms with Crippen molar-refractivity contribution in [3.05, 3.63) is 94.0 Å². The molecule has 0 saturated carbocycles. The maximum atomic E-state index is 11.2. The summed E-state index contributed by atoms with van der Waals surface area (Å²) in [7, 11) is 0. The molecule has 0 fully saturated rings. The van der Waals surface area contributed by atoms with Crippen molar-refractivity contribution in [1.82, 2.24) is 0 Å². The van der Waals surface area contributed by atoms with Crippen LogP contribution in [0.3, 0.4) is 0 Å². The zero-order valence-corrected chi connectivity index (χ0v) is 13.3. The maximum absolute atomic E-state index is 11.2. The molecule has 0 aliphatic rings. The molecule has 0 N–H and O–H groups in total. The van der Waals surface area contributed by atoms with Gasteiger partial charge in [0.1, 0.15) is 12.4 Å². The van der Waals surface area contributed by atoms with Crippen molar-refractivity contribution >= 4 is 5.69 Å². The molecule has 0 saturated heterocycles. The molecule has 0 amide bonds. The van der Waals surface area contributed by atoms with Crippen molar-refractivity contribution in [2.24, 2.45) is 0 Å². The number of nitro groups is 1. The number of hydrogen-bond donors (Lipinski definition) is 0. The number of hydrogen-bond acceptors (Lipinski definition) is 3. The second-order valence-corrected chi connectivity index (χ2v) is 5.53. The molecule has 0 aliphatic carbocycles. The Morgan fingerprint density at radius 3 is 2.42 bits per heavy atom. The van der Waals surface area contributed by atoms with Crippen LogP contribution in [0.25, 0.3) is 11.1 Å². The summed E-state index contributed by atoms with van der Waals surface area (Å²) in [6.07, 6.45) is 0. The molecule has 4 heteroatoms. The van der Waals surface area contributed by atoms with Gasteiger partial charge in [-0.05, 0) is 24.1 Å². The van der Waals surface area contributed by atoms with Crippen LogP contribution >= 0.6 is 0 Å². The van der Waals surface area contributed by atoms with E-state index >= 15 is 0 Å². The highest BCUT2D eigenvalue weighted by molar-refractivity contribution is 5.73. The lowest BCUT2D eigenvalue weighted by molar-refractivity contribution is -0.385. The normalized spacial score (nSPS) is 10.4. The van der Waals surface area contributed by atoms with Gasteiger partial charge < -0.3 is 4.74 Å². The van der Waals surface area contributed by atoms with Gasteiger partial charge in [-0.3, -0.25) is 10.1 Å². The van der Waals surface area contributed by atoms with Gasteiger partial charge in [0.2, 0.25) is 0 Å². The van der Waals surface area contributed by atoms with E-state index in [1.165, 1.54) is 0 Å². The summed E-state index contributed by atoms with van der Waals surface area (Å²) in [5.41, 5.74) is 3.45. The number of nitro benzene ring substituents is 1. The standard InChI is InChI=1S/C20H17NO3/c1-15-11-12-17(13-19(15)21(22)23)18-9-5-6-10-20(18)24-14-16-7-3-2-4-8-16/h2-13H,14H2,1H3. The zero-order valence-electron chi connectivity index (χ0n) is 13.3. The Hall–Kier alpha value is -3.14. The van der Waals surface area contributed by atoms with E-state index in [0.29, 0.717) is 17.9 Å². The fourth-order valence-electron chi connectivity index (χ4n) is 2.54. The first-order valence-electron chi connectivity index (χ1n) is 7.66. The van der Waals surface area contributed by atoms with Crippen molar-refractivity contribution in [3.8, 4) is 16.9 Å². The molecule has 3 aromatic rings. The van der Waals surface area contributed by atoms with Gasteiger partial charge in [-0.15, -0.1) is 0 Å². The van der Waals surface area contributed by atoms with E-state index in [4.69, 9.17) is 4.74 Å². The predicted molar refractivity (Wildman–Crippen MR) is 94.0 cm³/mol. The van der Waals surface area contributed by atoms with Crippen LogP contribution in [-0.2, 0) is 6.61 Å². The highest BCUT2D eigenvalue weighted by Gasteiger charge is 2.14. The first-order valence-corrected chi connectivity index (χ1v) is 7.66. The molecule has 0 bridgehead atoms. The quantitative estimate of drug-likeness (QED) is 0.483. The number of benzene rings is 3. The average Bonchev–Trinajstić information content (AvgIpc) is 2.61. The number of nitrogens with zero attached hydrogens (tertiary/aromatic N) is 1. The highest BCUT2D eigenvalue weighted by Crippen LogP contribution is 2.33. The third kappa shape index (κ3) is 3.43. The zero-order chi connectivity index (χ0) is 16.9. The third-order valence-electron chi connectivity index (χ3n) is 3.84. The van der Waals surface area contributed by atoms with Crippen LogP contribution in [0.1, 0.15) is 11.1 Å². The molecule has 3 rings (SSSR count). The number of para-hydroxylation sites is 1. The topological polar surface area (TPSA) is 52.4 Å². The number of rotatable bonds is 5. The minimum Gasteiger partial charge on any atom is -0.488 e. The van der Waals surface area contributed by atoms with E-state index in [0.717, 1.165) is 16.7 Å². The van der Waals surface area contributed by atoms with Gasteiger partial charge in [-0.25, -0.2) is 0 Å². The molecule has 0 radical (unpaired) electrons.